The van der Waals surface area contributed by atoms with Gasteiger partial charge in [0.15, 0.2) is 0 Å². The van der Waals surface area contributed by atoms with Crippen LogP contribution in [-0.2, 0) is 11.3 Å². The van der Waals surface area contributed by atoms with E-state index in [0.717, 1.165) is 24.6 Å². The fraction of sp³-hybridized carbons (Fsp3) is 0.588. The smallest absolute Gasteiger partial charge is 0.252 e. The lowest BCUT2D eigenvalue weighted by atomic mass is 9.95. The zero-order chi connectivity index (χ0) is 16.9. The van der Waals surface area contributed by atoms with E-state index in [1.807, 2.05) is 24.8 Å². The summed E-state index contributed by atoms with van der Waals surface area (Å²) in [5.41, 5.74) is -0.00105. The number of rotatable bonds is 6. The van der Waals surface area contributed by atoms with Crippen molar-refractivity contribution < 1.29 is 14.3 Å². The summed E-state index contributed by atoms with van der Waals surface area (Å²) in [6.07, 6.45) is 0.942. The van der Waals surface area contributed by atoms with E-state index in [4.69, 9.17) is 0 Å². The van der Waals surface area contributed by atoms with Gasteiger partial charge in [0.05, 0.1) is 5.69 Å². The molecule has 1 saturated heterocycles. The molecule has 0 saturated carbocycles. The molecule has 128 valence electrons. The third-order valence-corrected chi connectivity index (χ3v) is 5.30. The summed E-state index contributed by atoms with van der Waals surface area (Å²) in [7, 11) is 0. The van der Waals surface area contributed by atoms with Gasteiger partial charge < -0.3 is 15.3 Å². The van der Waals surface area contributed by atoms with E-state index in [1.54, 1.807) is 17.8 Å². The number of hydrogen-bond donors (Lipinski definition) is 2. The molecule has 0 unspecified atom stereocenters. The molecule has 1 heterocycles. The fourth-order valence-corrected chi connectivity index (χ4v) is 3.93. The molecule has 0 aromatic heterocycles. The van der Waals surface area contributed by atoms with E-state index in [1.165, 1.54) is 6.07 Å². The van der Waals surface area contributed by atoms with E-state index in [2.05, 4.69) is 5.32 Å². The largest absolute Gasteiger partial charge is 0.380 e. The lowest BCUT2D eigenvalue weighted by Crippen LogP contribution is -2.48. The van der Waals surface area contributed by atoms with Crippen molar-refractivity contribution in [3.05, 3.63) is 29.6 Å². The van der Waals surface area contributed by atoms with Crippen LogP contribution in [0.1, 0.15) is 32.3 Å². The van der Waals surface area contributed by atoms with E-state index in [-0.39, 0.29) is 18.3 Å². The van der Waals surface area contributed by atoms with Crippen molar-refractivity contribution in [1.29, 1.82) is 0 Å². The molecule has 6 heteroatoms. The molecule has 1 aliphatic heterocycles. The third kappa shape index (κ3) is 4.38. The van der Waals surface area contributed by atoms with Crippen molar-refractivity contribution in [3.63, 3.8) is 0 Å². The summed E-state index contributed by atoms with van der Waals surface area (Å²) in [4.78, 5) is 14.1. The number of halogens is 1. The Bertz CT molecular complexity index is 543. The minimum Gasteiger partial charge on any atom is -0.380 e. The summed E-state index contributed by atoms with van der Waals surface area (Å²) in [5.74, 6) is 0.938. The number of aliphatic hydroxyl groups is 1. The van der Waals surface area contributed by atoms with Crippen LogP contribution in [0.15, 0.2) is 18.2 Å². The molecule has 23 heavy (non-hydrogen) atoms. The van der Waals surface area contributed by atoms with Crippen LogP contribution < -0.4 is 10.2 Å². The molecule has 1 fully saturated rings. The van der Waals surface area contributed by atoms with Gasteiger partial charge in [-0.05, 0) is 55.9 Å². The first kappa shape index (κ1) is 18.1. The van der Waals surface area contributed by atoms with Gasteiger partial charge in [0.25, 0.3) is 5.91 Å². The van der Waals surface area contributed by atoms with Gasteiger partial charge in [-0.15, -0.1) is 0 Å². The quantitative estimate of drug-likeness (QED) is 0.836. The SMILES string of the molecule is CCN(CC)c1ccc(CNC(=O)C2(O)CCSCC2)cc1F. The third-order valence-electron chi connectivity index (χ3n) is 4.31. The molecule has 0 radical (unpaired) electrons. The Labute approximate surface area is 141 Å². The van der Waals surface area contributed by atoms with Crippen LogP contribution >= 0.6 is 11.8 Å². The number of anilines is 1. The highest BCUT2D eigenvalue weighted by molar-refractivity contribution is 7.99. The van der Waals surface area contributed by atoms with Crippen LogP contribution in [0.4, 0.5) is 10.1 Å². The molecule has 0 atom stereocenters. The standard InChI is InChI=1S/C17H25FN2O2S/c1-3-20(4-2)15-6-5-13(11-14(15)18)12-19-16(21)17(22)7-9-23-10-8-17/h5-6,11,22H,3-4,7-10,12H2,1-2H3,(H,19,21). The predicted octanol–water partition coefficient (Wildman–Crippen LogP) is 2.55. The van der Waals surface area contributed by atoms with Gasteiger partial charge in [-0.25, -0.2) is 4.39 Å². The summed E-state index contributed by atoms with van der Waals surface area (Å²) in [6.45, 7) is 5.69. The zero-order valence-corrected chi connectivity index (χ0v) is 14.6. The number of thioether (sulfide) groups is 1. The van der Waals surface area contributed by atoms with Crippen molar-refractivity contribution >= 4 is 23.4 Å². The van der Waals surface area contributed by atoms with Crippen molar-refractivity contribution in [2.24, 2.45) is 0 Å². The first-order valence-corrected chi connectivity index (χ1v) is 9.27. The minimum atomic E-state index is -1.27. The number of hydrogen-bond acceptors (Lipinski definition) is 4. The maximum Gasteiger partial charge on any atom is 0.252 e. The Hall–Kier alpha value is -1.27. The molecule has 1 amide bonds. The van der Waals surface area contributed by atoms with Gasteiger partial charge in [0.1, 0.15) is 11.4 Å². The van der Waals surface area contributed by atoms with Gasteiger partial charge in [0.2, 0.25) is 0 Å². The monoisotopic (exact) mass is 340 g/mol. The van der Waals surface area contributed by atoms with Crippen LogP contribution in [-0.4, -0.2) is 41.2 Å². The second-order valence-corrected chi connectivity index (χ2v) is 7.01. The minimum absolute atomic E-state index is 0.226. The number of nitrogens with one attached hydrogen (secondary N) is 1. The summed E-state index contributed by atoms with van der Waals surface area (Å²) < 4.78 is 14.2. The fourth-order valence-electron chi connectivity index (χ4n) is 2.76. The van der Waals surface area contributed by atoms with Crippen LogP contribution in [0.2, 0.25) is 0 Å². The maximum atomic E-state index is 14.2. The number of nitrogens with zero attached hydrogens (tertiary/aromatic N) is 1. The van der Waals surface area contributed by atoms with Gasteiger partial charge in [-0.1, -0.05) is 6.07 Å². The van der Waals surface area contributed by atoms with Crippen molar-refractivity contribution in [3.8, 4) is 0 Å². The second-order valence-electron chi connectivity index (χ2n) is 5.78. The Morgan fingerprint density at radius 1 is 1.35 bits per heavy atom. The maximum absolute atomic E-state index is 14.2. The molecule has 2 rings (SSSR count). The average Bonchev–Trinajstić information content (AvgIpc) is 2.56. The van der Waals surface area contributed by atoms with Crippen molar-refractivity contribution in [1.82, 2.24) is 5.32 Å². The topological polar surface area (TPSA) is 52.6 Å². The first-order chi connectivity index (χ1) is 11.0. The van der Waals surface area contributed by atoms with E-state index >= 15 is 0 Å². The Balaban J connectivity index is 1.98. The Morgan fingerprint density at radius 3 is 2.57 bits per heavy atom. The van der Waals surface area contributed by atoms with E-state index in [9.17, 15) is 14.3 Å². The number of carbonyl (C=O) groups is 1. The molecule has 1 aromatic carbocycles. The molecular formula is C17H25FN2O2S. The van der Waals surface area contributed by atoms with Crippen LogP contribution in [0.5, 0.6) is 0 Å². The van der Waals surface area contributed by atoms with Gasteiger partial charge in [-0.3, -0.25) is 4.79 Å². The van der Waals surface area contributed by atoms with Crippen molar-refractivity contribution in [2.75, 3.05) is 29.5 Å². The first-order valence-electron chi connectivity index (χ1n) is 8.12. The molecule has 1 aromatic rings. The molecule has 2 N–H and O–H groups in total. The number of carbonyl (C=O) groups excluding carboxylic acids is 1. The number of amides is 1. The number of benzene rings is 1. The molecule has 0 bridgehead atoms. The lowest BCUT2D eigenvalue weighted by Gasteiger charge is -2.30. The van der Waals surface area contributed by atoms with Crippen molar-refractivity contribution in [2.45, 2.75) is 38.8 Å². The highest BCUT2D eigenvalue weighted by atomic mass is 32.2. The van der Waals surface area contributed by atoms with E-state index < -0.39 is 5.60 Å². The highest BCUT2D eigenvalue weighted by Gasteiger charge is 2.37. The van der Waals surface area contributed by atoms with E-state index in [0.29, 0.717) is 24.1 Å². The lowest BCUT2D eigenvalue weighted by molar-refractivity contribution is -0.140. The molecular weight excluding hydrogens is 315 g/mol. The molecule has 0 aliphatic carbocycles. The molecule has 1 aliphatic rings. The van der Waals surface area contributed by atoms with Gasteiger partial charge in [-0.2, -0.15) is 11.8 Å². The Morgan fingerprint density at radius 2 is 2.00 bits per heavy atom. The van der Waals surface area contributed by atoms with Crippen LogP contribution in [0.3, 0.4) is 0 Å². The Kier molecular flexibility index (Phi) is 6.30. The van der Waals surface area contributed by atoms with Crippen LogP contribution in [0, 0.1) is 5.82 Å². The van der Waals surface area contributed by atoms with Crippen LogP contribution in [0.25, 0.3) is 0 Å². The molecule has 0 spiro atoms. The zero-order valence-electron chi connectivity index (χ0n) is 13.8. The summed E-state index contributed by atoms with van der Waals surface area (Å²) in [6, 6.07) is 5.02. The molecule has 4 nitrogen and oxygen atoms in total. The summed E-state index contributed by atoms with van der Waals surface area (Å²) in [5, 5.41) is 13.1. The highest BCUT2D eigenvalue weighted by Crippen LogP contribution is 2.27. The average molecular weight is 340 g/mol. The van der Waals surface area contributed by atoms with Gasteiger partial charge in [0, 0.05) is 19.6 Å². The summed E-state index contributed by atoms with van der Waals surface area (Å²) >= 11 is 1.75. The van der Waals surface area contributed by atoms with Gasteiger partial charge >= 0.3 is 0 Å². The normalized spacial score (nSPS) is 16.9. The second kappa shape index (κ2) is 8.02. The predicted molar refractivity (Wildman–Crippen MR) is 93.3 cm³/mol.